The molecule has 1 unspecified atom stereocenters. The predicted octanol–water partition coefficient (Wildman–Crippen LogP) is 3.81. The molecular weight excluding hydrogens is 260 g/mol. The van der Waals surface area contributed by atoms with Gasteiger partial charge in [-0.05, 0) is 20.3 Å². The molecule has 0 spiro atoms. The maximum Gasteiger partial charge on any atom is 0.163 e. The van der Waals surface area contributed by atoms with Crippen molar-refractivity contribution in [1.29, 1.82) is 0 Å². The predicted molar refractivity (Wildman–Crippen MR) is 89.8 cm³/mol. The molecule has 0 aliphatic rings. The highest BCUT2D eigenvalue weighted by Gasteiger charge is 2.15. The van der Waals surface area contributed by atoms with Gasteiger partial charge in [0.1, 0.15) is 11.6 Å². The molecule has 21 heavy (non-hydrogen) atoms. The van der Waals surface area contributed by atoms with Gasteiger partial charge in [0.25, 0.3) is 0 Å². The van der Waals surface area contributed by atoms with Crippen LogP contribution in [0.3, 0.4) is 0 Å². The van der Waals surface area contributed by atoms with Crippen LogP contribution >= 0.6 is 0 Å². The standard InChI is InChI=1S/C17H24N4/c1-5-13(3)21(6-2)16-12-15(18-4)19-17(20-16)14-10-8-7-9-11-14/h7-13H,5-6H2,1-4H3,(H,18,19,20). The normalized spacial score (nSPS) is 12.0. The molecule has 112 valence electrons. The van der Waals surface area contributed by atoms with Gasteiger partial charge in [0.05, 0.1) is 0 Å². The number of hydrogen-bond donors (Lipinski definition) is 1. The summed E-state index contributed by atoms with van der Waals surface area (Å²) in [7, 11) is 1.89. The fraction of sp³-hybridized carbons (Fsp3) is 0.412. The first-order valence-corrected chi connectivity index (χ1v) is 7.58. The lowest BCUT2D eigenvalue weighted by atomic mass is 10.2. The summed E-state index contributed by atoms with van der Waals surface area (Å²) in [6.07, 6.45) is 1.09. The highest BCUT2D eigenvalue weighted by atomic mass is 15.2. The van der Waals surface area contributed by atoms with Gasteiger partial charge in [0, 0.05) is 31.3 Å². The lowest BCUT2D eigenvalue weighted by Gasteiger charge is -2.28. The highest BCUT2D eigenvalue weighted by Crippen LogP contribution is 2.24. The van der Waals surface area contributed by atoms with Crippen molar-refractivity contribution in [1.82, 2.24) is 9.97 Å². The zero-order valence-corrected chi connectivity index (χ0v) is 13.3. The minimum absolute atomic E-state index is 0.457. The van der Waals surface area contributed by atoms with Gasteiger partial charge < -0.3 is 10.2 Å². The zero-order valence-electron chi connectivity index (χ0n) is 13.3. The van der Waals surface area contributed by atoms with Crippen molar-refractivity contribution >= 4 is 11.6 Å². The highest BCUT2D eigenvalue weighted by molar-refractivity contribution is 5.61. The average Bonchev–Trinajstić information content (AvgIpc) is 2.55. The van der Waals surface area contributed by atoms with Gasteiger partial charge >= 0.3 is 0 Å². The molecule has 0 aliphatic heterocycles. The van der Waals surface area contributed by atoms with Crippen LogP contribution < -0.4 is 10.2 Å². The van der Waals surface area contributed by atoms with E-state index in [1.165, 1.54) is 0 Å². The molecule has 0 bridgehead atoms. The zero-order chi connectivity index (χ0) is 15.2. The fourth-order valence-corrected chi connectivity index (χ4v) is 2.35. The summed E-state index contributed by atoms with van der Waals surface area (Å²) in [6, 6.07) is 12.6. The third kappa shape index (κ3) is 3.51. The Labute approximate surface area is 127 Å². The van der Waals surface area contributed by atoms with E-state index >= 15 is 0 Å². The molecule has 0 saturated carbocycles. The number of nitrogens with zero attached hydrogens (tertiary/aromatic N) is 3. The van der Waals surface area contributed by atoms with E-state index < -0.39 is 0 Å². The van der Waals surface area contributed by atoms with Gasteiger partial charge in [-0.3, -0.25) is 0 Å². The molecule has 1 aromatic heterocycles. The Morgan fingerprint density at radius 3 is 2.43 bits per heavy atom. The molecule has 2 rings (SSSR count). The minimum atomic E-state index is 0.457. The van der Waals surface area contributed by atoms with Crippen molar-refractivity contribution in [3.8, 4) is 11.4 Å². The van der Waals surface area contributed by atoms with E-state index in [0.717, 1.165) is 36.0 Å². The van der Waals surface area contributed by atoms with Gasteiger partial charge in [-0.1, -0.05) is 37.3 Å². The van der Waals surface area contributed by atoms with E-state index in [1.54, 1.807) is 0 Å². The minimum Gasteiger partial charge on any atom is -0.373 e. The van der Waals surface area contributed by atoms with Crippen LogP contribution in [0, 0.1) is 0 Å². The van der Waals surface area contributed by atoms with Crippen LogP contribution in [0.4, 0.5) is 11.6 Å². The van der Waals surface area contributed by atoms with Gasteiger partial charge in [-0.25, -0.2) is 9.97 Å². The number of hydrogen-bond acceptors (Lipinski definition) is 4. The molecular formula is C17H24N4. The first kappa shape index (κ1) is 15.3. The Morgan fingerprint density at radius 2 is 1.86 bits per heavy atom. The van der Waals surface area contributed by atoms with E-state index in [2.05, 4.69) is 36.0 Å². The summed E-state index contributed by atoms with van der Waals surface area (Å²) in [5.74, 6) is 2.59. The van der Waals surface area contributed by atoms with Crippen molar-refractivity contribution in [2.24, 2.45) is 0 Å². The SMILES string of the molecule is CCC(C)N(CC)c1cc(NC)nc(-c2ccccc2)n1. The maximum absolute atomic E-state index is 4.77. The summed E-state index contributed by atoms with van der Waals surface area (Å²) >= 11 is 0. The summed E-state index contributed by atoms with van der Waals surface area (Å²) < 4.78 is 0. The van der Waals surface area contributed by atoms with E-state index in [1.807, 2.05) is 43.4 Å². The second-order valence-corrected chi connectivity index (χ2v) is 5.09. The molecule has 2 aromatic rings. The summed E-state index contributed by atoms with van der Waals surface area (Å²) in [5, 5.41) is 3.14. The largest absolute Gasteiger partial charge is 0.373 e. The molecule has 0 aliphatic carbocycles. The fourth-order valence-electron chi connectivity index (χ4n) is 2.35. The monoisotopic (exact) mass is 284 g/mol. The number of benzene rings is 1. The number of anilines is 2. The number of nitrogens with one attached hydrogen (secondary N) is 1. The molecule has 0 fully saturated rings. The Balaban J connectivity index is 2.47. The van der Waals surface area contributed by atoms with Crippen LogP contribution in [0.15, 0.2) is 36.4 Å². The topological polar surface area (TPSA) is 41.0 Å². The molecule has 0 amide bonds. The van der Waals surface area contributed by atoms with Crippen LogP contribution in [0.2, 0.25) is 0 Å². The molecule has 1 atom stereocenters. The van der Waals surface area contributed by atoms with Crippen molar-refractivity contribution in [3.05, 3.63) is 36.4 Å². The van der Waals surface area contributed by atoms with Crippen LogP contribution in [0.25, 0.3) is 11.4 Å². The van der Waals surface area contributed by atoms with Crippen molar-refractivity contribution < 1.29 is 0 Å². The summed E-state index contributed by atoms with van der Waals surface area (Å²) in [4.78, 5) is 11.7. The third-order valence-corrected chi connectivity index (χ3v) is 3.76. The lowest BCUT2D eigenvalue weighted by Crippen LogP contribution is -2.33. The average molecular weight is 284 g/mol. The van der Waals surface area contributed by atoms with E-state index in [4.69, 9.17) is 4.98 Å². The van der Waals surface area contributed by atoms with Crippen LogP contribution in [-0.2, 0) is 0 Å². The second kappa shape index (κ2) is 7.07. The first-order valence-electron chi connectivity index (χ1n) is 7.58. The van der Waals surface area contributed by atoms with Gasteiger partial charge in [0.2, 0.25) is 0 Å². The quantitative estimate of drug-likeness (QED) is 0.875. The van der Waals surface area contributed by atoms with Gasteiger partial charge in [0.15, 0.2) is 5.82 Å². The Morgan fingerprint density at radius 1 is 1.14 bits per heavy atom. The third-order valence-electron chi connectivity index (χ3n) is 3.76. The Bertz CT molecular complexity index is 568. The Kier molecular flexibility index (Phi) is 5.14. The van der Waals surface area contributed by atoms with E-state index in [-0.39, 0.29) is 0 Å². The van der Waals surface area contributed by atoms with Gasteiger partial charge in [-0.15, -0.1) is 0 Å². The van der Waals surface area contributed by atoms with Crippen LogP contribution in [-0.4, -0.2) is 29.6 Å². The molecule has 1 aromatic carbocycles. The number of rotatable bonds is 6. The maximum atomic E-state index is 4.77. The van der Waals surface area contributed by atoms with Gasteiger partial charge in [-0.2, -0.15) is 0 Å². The molecule has 4 heteroatoms. The van der Waals surface area contributed by atoms with Crippen molar-refractivity contribution in [2.75, 3.05) is 23.8 Å². The van der Waals surface area contributed by atoms with Crippen LogP contribution in [0.1, 0.15) is 27.2 Å². The second-order valence-electron chi connectivity index (χ2n) is 5.09. The van der Waals surface area contributed by atoms with E-state index in [9.17, 15) is 0 Å². The molecule has 4 nitrogen and oxygen atoms in total. The lowest BCUT2D eigenvalue weighted by molar-refractivity contribution is 0.623. The molecule has 1 heterocycles. The molecule has 1 N–H and O–H groups in total. The van der Waals surface area contributed by atoms with Crippen molar-refractivity contribution in [2.45, 2.75) is 33.2 Å². The summed E-state index contributed by atoms with van der Waals surface area (Å²) in [5.41, 5.74) is 1.04. The Hall–Kier alpha value is -2.10. The smallest absolute Gasteiger partial charge is 0.163 e. The summed E-state index contributed by atoms with van der Waals surface area (Å²) in [6.45, 7) is 7.53. The van der Waals surface area contributed by atoms with Crippen LogP contribution in [0.5, 0.6) is 0 Å². The number of aromatic nitrogens is 2. The molecule has 0 saturated heterocycles. The van der Waals surface area contributed by atoms with Crippen molar-refractivity contribution in [3.63, 3.8) is 0 Å². The van der Waals surface area contributed by atoms with E-state index in [0.29, 0.717) is 6.04 Å². The first-order chi connectivity index (χ1) is 10.2. The molecule has 0 radical (unpaired) electrons.